The fourth-order valence-electron chi connectivity index (χ4n) is 7.56. The van der Waals surface area contributed by atoms with Crippen LogP contribution in [0.3, 0.4) is 0 Å². The molecule has 0 aliphatic heterocycles. The zero-order valence-electron chi connectivity index (χ0n) is 25.1. The lowest BCUT2D eigenvalue weighted by Gasteiger charge is -2.20. The van der Waals surface area contributed by atoms with Crippen LogP contribution in [-0.4, -0.2) is 9.55 Å². The minimum Gasteiger partial charge on any atom is -0.309 e. The summed E-state index contributed by atoms with van der Waals surface area (Å²) in [5.74, 6) is 0. The third kappa shape index (κ3) is 4.21. The van der Waals surface area contributed by atoms with E-state index in [1.54, 1.807) is 0 Å². The molecular formula is C43H32N2. The van der Waals surface area contributed by atoms with Gasteiger partial charge < -0.3 is 4.57 Å². The fraction of sp³-hybridized carbons (Fsp3) is 0.0930. The number of hydrogen-bond acceptors (Lipinski definition) is 1. The van der Waals surface area contributed by atoms with Crippen molar-refractivity contribution in [2.75, 3.05) is 0 Å². The molecule has 214 valence electrons. The molecule has 0 amide bonds. The van der Waals surface area contributed by atoms with Gasteiger partial charge in [-0.3, -0.25) is 4.98 Å². The molecule has 2 nitrogen and oxygen atoms in total. The third-order valence-corrected chi connectivity index (χ3v) is 9.56. The second kappa shape index (κ2) is 10.6. The second-order valence-corrected chi connectivity index (χ2v) is 12.1. The van der Waals surface area contributed by atoms with Gasteiger partial charge in [-0.05, 0) is 117 Å². The lowest BCUT2D eigenvalue weighted by molar-refractivity contribution is 1.05. The van der Waals surface area contributed by atoms with Gasteiger partial charge in [-0.25, -0.2) is 0 Å². The van der Waals surface area contributed by atoms with Gasteiger partial charge >= 0.3 is 0 Å². The summed E-state index contributed by atoms with van der Waals surface area (Å²) in [6, 6.07) is 37.8. The van der Waals surface area contributed by atoms with Crippen LogP contribution in [0.2, 0.25) is 0 Å². The summed E-state index contributed by atoms with van der Waals surface area (Å²) >= 11 is 0. The van der Waals surface area contributed by atoms with Gasteiger partial charge in [0.25, 0.3) is 0 Å². The van der Waals surface area contributed by atoms with E-state index in [1.807, 2.05) is 12.4 Å². The highest BCUT2D eigenvalue weighted by molar-refractivity contribution is 6.11. The van der Waals surface area contributed by atoms with Crippen LogP contribution in [0.15, 0.2) is 134 Å². The smallest absolute Gasteiger partial charge is 0.0571 e. The molecule has 0 saturated heterocycles. The maximum absolute atomic E-state index is 4.52. The highest BCUT2D eigenvalue weighted by atomic mass is 15.0. The lowest BCUT2D eigenvalue weighted by Crippen LogP contribution is -2.33. The van der Waals surface area contributed by atoms with E-state index < -0.39 is 0 Å². The first-order chi connectivity index (χ1) is 22.3. The van der Waals surface area contributed by atoms with Crippen molar-refractivity contribution in [2.45, 2.75) is 25.7 Å². The maximum Gasteiger partial charge on any atom is 0.0571 e. The number of rotatable bonds is 4. The van der Waals surface area contributed by atoms with Gasteiger partial charge in [-0.2, -0.15) is 0 Å². The van der Waals surface area contributed by atoms with Crippen molar-refractivity contribution < 1.29 is 0 Å². The molecule has 2 aliphatic rings. The number of hydrogen-bond donors (Lipinski definition) is 0. The molecule has 0 N–H and O–H groups in total. The largest absolute Gasteiger partial charge is 0.309 e. The standard InChI is InChI=1S/C43H32N2/c1-4-12-29(13-5-1)42-34-18-10-11-19-35(34)43(30-14-6-2-7-15-30)38-27-31(20-22-36(38)42)32-21-23-40-37(26-32)39-28-44-25-24-41(39)45(40)33-16-8-3-9-17-33/h1-6,8-9,12-14,16-28H,7,10-11,15H2. The first kappa shape index (κ1) is 26.0. The van der Waals surface area contributed by atoms with Gasteiger partial charge in [0.1, 0.15) is 0 Å². The van der Waals surface area contributed by atoms with Gasteiger partial charge in [0.2, 0.25) is 0 Å². The molecule has 0 bridgehead atoms. The Labute approximate surface area is 262 Å². The highest BCUT2D eigenvalue weighted by Gasteiger charge is 2.19. The summed E-state index contributed by atoms with van der Waals surface area (Å²) in [6.45, 7) is 0. The van der Waals surface area contributed by atoms with Crippen molar-refractivity contribution >= 4 is 50.3 Å². The Balaban J connectivity index is 1.33. The minimum atomic E-state index is 1.07. The van der Waals surface area contributed by atoms with Gasteiger partial charge in [0.05, 0.1) is 11.0 Å². The summed E-state index contributed by atoms with van der Waals surface area (Å²) in [7, 11) is 0. The number of para-hydroxylation sites is 1. The average Bonchev–Trinajstić information content (AvgIpc) is 3.45. The van der Waals surface area contributed by atoms with E-state index in [-0.39, 0.29) is 0 Å². The van der Waals surface area contributed by atoms with Crippen LogP contribution in [-0.2, 0) is 0 Å². The normalized spacial score (nSPS) is 14.3. The number of aromatic nitrogens is 2. The lowest BCUT2D eigenvalue weighted by atomic mass is 9.83. The summed E-state index contributed by atoms with van der Waals surface area (Å²) in [5.41, 5.74) is 11.5. The maximum atomic E-state index is 4.52. The number of fused-ring (bicyclic) bond motifs is 5. The highest BCUT2D eigenvalue weighted by Crippen LogP contribution is 2.38. The molecule has 2 heteroatoms. The molecule has 5 aromatic carbocycles. The molecule has 2 aliphatic carbocycles. The van der Waals surface area contributed by atoms with Crippen molar-refractivity contribution in [1.82, 2.24) is 9.55 Å². The van der Waals surface area contributed by atoms with E-state index >= 15 is 0 Å². The van der Waals surface area contributed by atoms with Gasteiger partial charge in [0.15, 0.2) is 0 Å². The molecule has 2 aromatic heterocycles. The van der Waals surface area contributed by atoms with Crippen LogP contribution in [0.5, 0.6) is 0 Å². The second-order valence-electron chi connectivity index (χ2n) is 12.1. The molecule has 0 spiro atoms. The molecule has 9 rings (SSSR count). The SMILES string of the molecule is C1=CCCC(c2c3c(c(-c4ccccc4)c4ccc(-c5ccc6c(c5)c5cnccc5n6-c5ccccc5)cc24)=CCCC=3)=C1. The zero-order valence-corrected chi connectivity index (χ0v) is 25.1. The molecular weight excluding hydrogens is 544 g/mol. The van der Waals surface area contributed by atoms with Crippen LogP contribution >= 0.6 is 0 Å². The van der Waals surface area contributed by atoms with E-state index in [0.29, 0.717) is 0 Å². The third-order valence-electron chi connectivity index (χ3n) is 9.56. The van der Waals surface area contributed by atoms with E-state index in [0.717, 1.165) is 31.4 Å². The van der Waals surface area contributed by atoms with Crippen LogP contribution in [0, 0.1) is 0 Å². The summed E-state index contributed by atoms with van der Waals surface area (Å²) in [6.07, 6.45) is 20.0. The van der Waals surface area contributed by atoms with Crippen LogP contribution in [0.1, 0.15) is 31.2 Å². The van der Waals surface area contributed by atoms with Crippen molar-refractivity contribution in [2.24, 2.45) is 0 Å². The van der Waals surface area contributed by atoms with Gasteiger partial charge in [-0.15, -0.1) is 0 Å². The van der Waals surface area contributed by atoms with Crippen LogP contribution in [0.25, 0.3) is 78.2 Å². The Morgan fingerprint density at radius 1 is 0.556 bits per heavy atom. The molecule has 0 radical (unpaired) electrons. The predicted molar refractivity (Wildman–Crippen MR) is 191 cm³/mol. The molecule has 0 unspecified atom stereocenters. The Kier molecular flexibility index (Phi) is 6.12. The Morgan fingerprint density at radius 3 is 2.04 bits per heavy atom. The van der Waals surface area contributed by atoms with Crippen molar-refractivity contribution in [1.29, 1.82) is 0 Å². The molecule has 0 fully saturated rings. The quantitative estimate of drug-likeness (QED) is 0.204. The van der Waals surface area contributed by atoms with Crippen molar-refractivity contribution in [3.63, 3.8) is 0 Å². The van der Waals surface area contributed by atoms with Crippen molar-refractivity contribution in [3.8, 4) is 27.9 Å². The summed E-state index contributed by atoms with van der Waals surface area (Å²) in [5, 5.41) is 7.85. The summed E-state index contributed by atoms with van der Waals surface area (Å²) in [4.78, 5) is 4.52. The van der Waals surface area contributed by atoms with E-state index in [1.165, 1.54) is 76.4 Å². The Hall–Kier alpha value is -5.47. The fourth-order valence-corrected chi connectivity index (χ4v) is 7.56. The van der Waals surface area contributed by atoms with E-state index in [9.17, 15) is 0 Å². The minimum absolute atomic E-state index is 1.07. The average molecular weight is 577 g/mol. The monoisotopic (exact) mass is 576 g/mol. The first-order valence-corrected chi connectivity index (χ1v) is 16.0. The predicted octanol–water partition coefficient (Wildman–Crippen LogP) is 9.75. The van der Waals surface area contributed by atoms with Crippen molar-refractivity contribution in [3.05, 3.63) is 150 Å². The van der Waals surface area contributed by atoms with Crippen LogP contribution in [0.4, 0.5) is 0 Å². The molecule has 2 heterocycles. The molecule has 45 heavy (non-hydrogen) atoms. The van der Waals surface area contributed by atoms with Crippen LogP contribution < -0.4 is 10.4 Å². The number of nitrogens with zero attached hydrogens (tertiary/aromatic N) is 2. The number of allylic oxidation sites excluding steroid dienone is 4. The summed E-state index contributed by atoms with van der Waals surface area (Å²) < 4.78 is 2.35. The Bertz CT molecular complexity index is 2460. The molecule has 0 saturated carbocycles. The first-order valence-electron chi connectivity index (χ1n) is 16.0. The van der Waals surface area contributed by atoms with Gasteiger partial charge in [0, 0.05) is 28.9 Å². The molecule has 7 aromatic rings. The van der Waals surface area contributed by atoms with Gasteiger partial charge in [-0.1, -0.05) is 97.1 Å². The number of pyridine rings is 1. The zero-order chi connectivity index (χ0) is 29.7. The topological polar surface area (TPSA) is 17.8 Å². The Morgan fingerprint density at radius 2 is 1.27 bits per heavy atom. The van der Waals surface area contributed by atoms with E-state index in [4.69, 9.17) is 0 Å². The number of benzene rings is 5. The van der Waals surface area contributed by atoms with E-state index in [2.05, 4.69) is 143 Å². The molecule has 0 atom stereocenters.